The molecule has 1 amide bonds. The summed E-state index contributed by atoms with van der Waals surface area (Å²) in [6.07, 6.45) is 0.657. The van der Waals surface area contributed by atoms with Crippen molar-refractivity contribution in [2.24, 2.45) is 4.99 Å². The number of ether oxygens (including phenoxy) is 3. The molecule has 0 radical (unpaired) electrons. The van der Waals surface area contributed by atoms with Crippen molar-refractivity contribution in [3.63, 3.8) is 0 Å². The van der Waals surface area contributed by atoms with Gasteiger partial charge in [0.25, 0.3) is 0 Å². The molecular formula is C21H24N2O6S. The lowest BCUT2D eigenvalue weighted by Crippen LogP contribution is -2.40. The fourth-order valence-electron chi connectivity index (χ4n) is 3.34. The van der Waals surface area contributed by atoms with Crippen LogP contribution in [0.25, 0.3) is 0 Å². The average Bonchev–Trinajstić information content (AvgIpc) is 3.02. The van der Waals surface area contributed by atoms with Crippen molar-refractivity contribution in [3.8, 4) is 5.75 Å². The minimum absolute atomic E-state index is 0.0926. The van der Waals surface area contributed by atoms with E-state index in [-0.39, 0.29) is 24.4 Å². The Morgan fingerprint density at radius 3 is 2.50 bits per heavy atom. The highest BCUT2D eigenvalue weighted by Crippen LogP contribution is 2.44. The van der Waals surface area contributed by atoms with E-state index >= 15 is 0 Å². The maximum Gasteiger partial charge on any atom is 0.338 e. The van der Waals surface area contributed by atoms with Crippen molar-refractivity contribution in [1.29, 1.82) is 0 Å². The molecule has 0 spiro atoms. The predicted molar refractivity (Wildman–Crippen MR) is 112 cm³/mol. The number of nitrogens with zero attached hydrogens (tertiary/aromatic N) is 2. The maximum absolute atomic E-state index is 13.1. The molecule has 0 N–H and O–H groups in total. The second kappa shape index (κ2) is 9.44. The minimum atomic E-state index is -0.671. The number of aliphatic imine (C=N–C) groups is 1. The Morgan fingerprint density at radius 2 is 1.90 bits per heavy atom. The van der Waals surface area contributed by atoms with E-state index in [4.69, 9.17) is 14.2 Å². The normalized spacial score (nSPS) is 20.7. The van der Waals surface area contributed by atoms with E-state index < -0.39 is 18.0 Å². The number of allylic oxidation sites excluding steroid dienone is 1. The SMILES string of the molecule is CCC1SC2=NC(C)=C(C(=O)OCCOC)C(c3ccc(OC(C)=O)cc3)N2C1=O. The summed E-state index contributed by atoms with van der Waals surface area (Å²) in [4.78, 5) is 43.3. The zero-order chi connectivity index (χ0) is 21.8. The number of benzene rings is 1. The predicted octanol–water partition coefficient (Wildman–Crippen LogP) is 2.84. The van der Waals surface area contributed by atoms with Gasteiger partial charge >= 0.3 is 11.9 Å². The van der Waals surface area contributed by atoms with Crippen LogP contribution in [-0.4, -0.2) is 53.5 Å². The number of fused-ring (bicyclic) bond motifs is 1. The van der Waals surface area contributed by atoms with Gasteiger partial charge in [0.1, 0.15) is 12.4 Å². The molecule has 2 atom stereocenters. The Balaban J connectivity index is 2.01. The number of carbonyl (C=O) groups is 3. The van der Waals surface area contributed by atoms with Gasteiger partial charge < -0.3 is 14.2 Å². The first kappa shape index (κ1) is 22.0. The molecule has 30 heavy (non-hydrogen) atoms. The minimum Gasteiger partial charge on any atom is -0.460 e. The molecule has 1 aromatic carbocycles. The summed E-state index contributed by atoms with van der Waals surface area (Å²) in [5.74, 6) is -0.677. The molecule has 2 unspecified atom stereocenters. The third-order valence-corrected chi connectivity index (χ3v) is 6.04. The van der Waals surface area contributed by atoms with Crippen molar-refractivity contribution in [1.82, 2.24) is 4.90 Å². The lowest BCUT2D eigenvalue weighted by atomic mass is 9.94. The molecule has 1 aromatic rings. The molecule has 2 aliphatic rings. The number of rotatable bonds is 7. The Kier molecular flexibility index (Phi) is 6.94. The molecule has 0 saturated carbocycles. The number of methoxy groups -OCH3 is 1. The maximum atomic E-state index is 13.1. The molecule has 1 fully saturated rings. The summed E-state index contributed by atoms with van der Waals surface area (Å²) in [6.45, 7) is 5.37. The Hall–Kier alpha value is -2.65. The van der Waals surface area contributed by atoms with Gasteiger partial charge in [-0.1, -0.05) is 30.8 Å². The third-order valence-electron chi connectivity index (χ3n) is 4.72. The van der Waals surface area contributed by atoms with Crippen LogP contribution in [0.2, 0.25) is 0 Å². The van der Waals surface area contributed by atoms with E-state index in [1.807, 2.05) is 6.92 Å². The molecule has 9 heteroatoms. The van der Waals surface area contributed by atoms with Crippen LogP contribution >= 0.6 is 11.8 Å². The van der Waals surface area contributed by atoms with Crippen LogP contribution in [-0.2, 0) is 23.9 Å². The fraction of sp³-hybridized carbons (Fsp3) is 0.429. The summed E-state index contributed by atoms with van der Waals surface area (Å²) in [6, 6.07) is 6.07. The summed E-state index contributed by atoms with van der Waals surface area (Å²) < 4.78 is 15.4. The number of hydrogen-bond acceptors (Lipinski definition) is 8. The van der Waals surface area contributed by atoms with E-state index in [1.165, 1.54) is 25.8 Å². The molecular weight excluding hydrogens is 408 g/mol. The van der Waals surface area contributed by atoms with Crippen LogP contribution in [0.4, 0.5) is 0 Å². The number of hydrogen-bond donors (Lipinski definition) is 0. The Morgan fingerprint density at radius 1 is 1.20 bits per heavy atom. The molecule has 2 aliphatic heterocycles. The number of thioether (sulfide) groups is 1. The fourth-order valence-corrected chi connectivity index (χ4v) is 4.48. The van der Waals surface area contributed by atoms with Crippen molar-refractivity contribution in [3.05, 3.63) is 41.1 Å². The summed E-state index contributed by atoms with van der Waals surface area (Å²) in [5.41, 5.74) is 1.51. The lowest BCUT2D eigenvalue weighted by Gasteiger charge is -2.33. The first-order valence-corrected chi connectivity index (χ1v) is 10.5. The number of carbonyl (C=O) groups excluding carboxylic acids is 3. The quantitative estimate of drug-likeness (QED) is 0.371. The number of amidine groups is 1. The summed E-state index contributed by atoms with van der Waals surface area (Å²) in [7, 11) is 1.52. The number of esters is 2. The van der Waals surface area contributed by atoms with Crippen molar-refractivity contribution >= 4 is 34.8 Å². The second-order valence-corrected chi connectivity index (χ2v) is 7.98. The van der Waals surface area contributed by atoms with Crippen molar-refractivity contribution in [2.75, 3.05) is 20.3 Å². The van der Waals surface area contributed by atoms with E-state index in [0.717, 1.165) is 0 Å². The highest BCUT2D eigenvalue weighted by molar-refractivity contribution is 8.15. The van der Waals surface area contributed by atoms with Gasteiger partial charge in [0.15, 0.2) is 5.17 Å². The van der Waals surface area contributed by atoms with Crippen LogP contribution in [0.5, 0.6) is 5.75 Å². The van der Waals surface area contributed by atoms with E-state index in [0.29, 0.717) is 34.2 Å². The van der Waals surface area contributed by atoms with Crippen LogP contribution in [0.15, 0.2) is 40.5 Å². The van der Waals surface area contributed by atoms with Gasteiger partial charge in [-0.3, -0.25) is 14.5 Å². The van der Waals surface area contributed by atoms with Gasteiger partial charge in [0, 0.05) is 14.0 Å². The van der Waals surface area contributed by atoms with Crippen LogP contribution in [0.1, 0.15) is 38.8 Å². The Bertz CT molecular complexity index is 909. The largest absolute Gasteiger partial charge is 0.460 e. The zero-order valence-electron chi connectivity index (χ0n) is 17.3. The van der Waals surface area contributed by atoms with Gasteiger partial charge in [0.05, 0.1) is 29.2 Å². The average molecular weight is 432 g/mol. The molecule has 160 valence electrons. The van der Waals surface area contributed by atoms with Gasteiger partial charge in [-0.15, -0.1) is 0 Å². The van der Waals surface area contributed by atoms with Gasteiger partial charge in [-0.25, -0.2) is 9.79 Å². The molecule has 0 aliphatic carbocycles. The Labute approximate surface area is 179 Å². The molecule has 2 heterocycles. The number of amides is 1. The van der Waals surface area contributed by atoms with E-state index in [1.54, 1.807) is 36.1 Å². The third kappa shape index (κ3) is 4.41. The molecule has 3 rings (SSSR count). The summed E-state index contributed by atoms with van der Waals surface area (Å²) in [5, 5.41) is 0.329. The van der Waals surface area contributed by atoms with Crippen LogP contribution < -0.4 is 4.74 Å². The van der Waals surface area contributed by atoms with Crippen LogP contribution in [0, 0.1) is 0 Å². The molecule has 0 aromatic heterocycles. The smallest absolute Gasteiger partial charge is 0.338 e. The molecule has 1 saturated heterocycles. The second-order valence-electron chi connectivity index (χ2n) is 6.81. The first-order chi connectivity index (χ1) is 14.4. The highest BCUT2D eigenvalue weighted by atomic mass is 32.2. The van der Waals surface area contributed by atoms with Crippen LogP contribution in [0.3, 0.4) is 0 Å². The van der Waals surface area contributed by atoms with Gasteiger partial charge in [-0.2, -0.15) is 0 Å². The van der Waals surface area contributed by atoms with E-state index in [9.17, 15) is 14.4 Å². The first-order valence-electron chi connectivity index (χ1n) is 9.61. The zero-order valence-corrected chi connectivity index (χ0v) is 18.2. The standard InChI is InChI=1S/C21H24N2O6S/c1-5-16-19(25)23-18(14-6-8-15(9-7-14)29-13(3)24)17(12(2)22-21(23)30-16)20(26)28-11-10-27-4/h6-9,16,18H,5,10-11H2,1-4H3. The topological polar surface area (TPSA) is 94.5 Å². The van der Waals surface area contributed by atoms with Crippen molar-refractivity contribution < 1.29 is 28.6 Å². The van der Waals surface area contributed by atoms with Gasteiger partial charge in [-0.05, 0) is 31.0 Å². The highest BCUT2D eigenvalue weighted by Gasteiger charge is 2.47. The van der Waals surface area contributed by atoms with Gasteiger partial charge in [0.2, 0.25) is 5.91 Å². The molecule has 8 nitrogen and oxygen atoms in total. The van der Waals surface area contributed by atoms with Crippen molar-refractivity contribution in [2.45, 2.75) is 38.5 Å². The van der Waals surface area contributed by atoms with E-state index in [2.05, 4.69) is 4.99 Å². The summed E-state index contributed by atoms with van der Waals surface area (Å²) >= 11 is 1.40. The molecule has 0 bridgehead atoms. The monoisotopic (exact) mass is 432 g/mol. The lowest BCUT2D eigenvalue weighted by molar-refractivity contribution is -0.141.